The Morgan fingerprint density at radius 1 is 1.67 bits per heavy atom. The van der Waals surface area contributed by atoms with Gasteiger partial charge in [0.05, 0.1) is 7.05 Å². The number of nitrogens with zero attached hydrogens (tertiary/aromatic N) is 4. The predicted octanol–water partition coefficient (Wildman–Crippen LogP) is 0.0937. The Morgan fingerprint density at radius 2 is 2.53 bits per heavy atom. The summed E-state index contributed by atoms with van der Waals surface area (Å²) in [6.45, 7) is 0. The standard InChI is InChI=1S/C9H17N5S/c1-10-8(7-3-4-15-6-7)5-9-11-13-14(2)12-9/h7-8,10H,3-6H2,1-2H3. The maximum Gasteiger partial charge on any atom is 0.176 e. The van der Waals surface area contributed by atoms with Gasteiger partial charge in [0.25, 0.3) is 0 Å². The fourth-order valence-electron chi connectivity index (χ4n) is 1.98. The van der Waals surface area contributed by atoms with Crippen LogP contribution in [-0.4, -0.2) is 44.8 Å². The fourth-order valence-corrected chi connectivity index (χ4v) is 3.31. The van der Waals surface area contributed by atoms with Crippen molar-refractivity contribution in [2.75, 3.05) is 18.6 Å². The quantitative estimate of drug-likeness (QED) is 0.790. The first-order chi connectivity index (χ1) is 7.29. The van der Waals surface area contributed by atoms with E-state index in [0.29, 0.717) is 6.04 Å². The molecule has 1 aromatic rings. The van der Waals surface area contributed by atoms with Crippen LogP contribution in [0.1, 0.15) is 12.2 Å². The molecule has 1 aromatic heterocycles. The second-order valence-corrected chi connectivity index (χ2v) is 5.07. The minimum Gasteiger partial charge on any atom is -0.316 e. The summed E-state index contributed by atoms with van der Waals surface area (Å²) in [5.41, 5.74) is 0. The van der Waals surface area contributed by atoms with Gasteiger partial charge in [0.1, 0.15) is 0 Å². The van der Waals surface area contributed by atoms with Gasteiger partial charge in [-0.2, -0.15) is 16.6 Å². The zero-order valence-electron chi connectivity index (χ0n) is 9.18. The zero-order valence-corrected chi connectivity index (χ0v) is 10.00. The van der Waals surface area contributed by atoms with Crippen molar-refractivity contribution < 1.29 is 0 Å². The first-order valence-corrected chi connectivity index (χ1v) is 6.43. The molecule has 15 heavy (non-hydrogen) atoms. The van der Waals surface area contributed by atoms with Crippen LogP contribution in [0.5, 0.6) is 0 Å². The van der Waals surface area contributed by atoms with E-state index in [0.717, 1.165) is 18.2 Å². The number of aromatic nitrogens is 4. The molecule has 1 fully saturated rings. The van der Waals surface area contributed by atoms with Crippen LogP contribution >= 0.6 is 11.8 Å². The highest BCUT2D eigenvalue weighted by Crippen LogP contribution is 2.27. The molecule has 0 aliphatic carbocycles. The molecule has 0 saturated carbocycles. The van der Waals surface area contributed by atoms with E-state index in [4.69, 9.17) is 0 Å². The monoisotopic (exact) mass is 227 g/mol. The van der Waals surface area contributed by atoms with E-state index < -0.39 is 0 Å². The second kappa shape index (κ2) is 4.94. The van der Waals surface area contributed by atoms with Gasteiger partial charge < -0.3 is 5.32 Å². The fraction of sp³-hybridized carbons (Fsp3) is 0.889. The number of likely N-dealkylation sites (N-methyl/N-ethyl adjacent to an activating group) is 1. The molecule has 0 spiro atoms. The minimum atomic E-state index is 0.490. The minimum absolute atomic E-state index is 0.490. The van der Waals surface area contributed by atoms with Crippen molar-refractivity contribution in [2.24, 2.45) is 13.0 Å². The molecule has 1 saturated heterocycles. The van der Waals surface area contributed by atoms with Crippen LogP contribution in [0.2, 0.25) is 0 Å². The lowest BCUT2D eigenvalue weighted by Crippen LogP contribution is -2.36. The van der Waals surface area contributed by atoms with Crippen LogP contribution in [0.3, 0.4) is 0 Å². The van der Waals surface area contributed by atoms with Gasteiger partial charge in [0, 0.05) is 12.5 Å². The SMILES string of the molecule is CNC(Cc1nnn(C)n1)C1CCSC1. The van der Waals surface area contributed by atoms with Crippen LogP contribution in [0.4, 0.5) is 0 Å². The maximum atomic E-state index is 4.22. The molecule has 6 heteroatoms. The first kappa shape index (κ1) is 10.9. The van der Waals surface area contributed by atoms with E-state index in [1.165, 1.54) is 22.7 Å². The Morgan fingerprint density at radius 3 is 3.07 bits per heavy atom. The molecule has 1 N–H and O–H groups in total. The van der Waals surface area contributed by atoms with Crippen molar-refractivity contribution in [3.63, 3.8) is 0 Å². The molecule has 2 rings (SSSR count). The third-order valence-corrected chi connectivity index (χ3v) is 4.05. The number of thioether (sulfide) groups is 1. The van der Waals surface area contributed by atoms with Gasteiger partial charge in [-0.15, -0.1) is 10.2 Å². The number of aryl methyl sites for hydroxylation is 1. The van der Waals surface area contributed by atoms with Crippen molar-refractivity contribution in [3.05, 3.63) is 5.82 Å². The molecule has 0 aromatic carbocycles. The van der Waals surface area contributed by atoms with Gasteiger partial charge in [-0.3, -0.25) is 0 Å². The number of rotatable bonds is 4. The highest BCUT2D eigenvalue weighted by atomic mass is 32.2. The summed E-state index contributed by atoms with van der Waals surface area (Å²) in [7, 11) is 3.82. The van der Waals surface area contributed by atoms with Gasteiger partial charge in [0.2, 0.25) is 0 Å². The van der Waals surface area contributed by atoms with Crippen molar-refractivity contribution in [1.29, 1.82) is 0 Å². The van der Waals surface area contributed by atoms with E-state index >= 15 is 0 Å². The predicted molar refractivity (Wildman–Crippen MR) is 60.8 cm³/mol. The van der Waals surface area contributed by atoms with E-state index in [2.05, 4.69) is 20.7 Å². The number of nitrogens with one attached hydrogen (secondary N) is 1. The van der Waals surface area contributed by atoms with Gasteiger partial charge in [0.15, 0.2) is 5.82 Å². The largest absolute Gasteiger partial charge is 0.316 e. The normalized spacial score (nSPS) is 23.2. The third kappa shape index (κ3) is 2.69. The number of hydrogen-bond acceptors (Lipinski definition) is 5. The van der Waals surface area contributed by atoms with Gasteiger partial charge >= 0.3 is 0 Å². The van der Waals surface area contributed by atoms with E-state index in [1.807, 2.05) is 18.8 Å². The summed E-state index contributed by atoms with van der Waals surface area (Å²) in [6.07, 6.45) is 2.19. The summed E-state index contributed by atoms with van der Waals surface area (Å²) in [5, 5.41) is 15.5. The molecular weight excluding hydrogens is 210 g/mol. The summed E-state index contributed by atoms with van der Waals surface area (Å²) in [6, 6.07) is 0.490. The summed E-state index contributed by atoms with van der Waals surface area (Å²) in [4.78, 5) is 1.52. The highest BCUT2D eigenvalue weighted by molar-refractivity contribution is 7.99. The summed E-state index contributed by atoms with van der Waals surface area (Å²) < 4.78 is 0. The topological polar surface area (TPSA) is 55.6 Å². The molecule has 5 nitrogen and oxygen atoms in total. The molecule has 0 bridgehead atoms. The molecule has 0 amide bonds. The average Bonchev–Trinajstić information content (AvgIpc) is 2.85. The van der Waals surface area contributed by atoms with E-state index in [-0.39, 0.29) is 0 Å². The molecule has 2 unspecified atom stereocenters. The van der Waals surface area contributed by atoms with Crippen LogP contribution < -0.4 is 5.32 Å². The summed E-state index contributed by atoms with van der Waals surface area (Å²) in [5.74, 6) is 4.14. The molecule has 0 radical (unpaired) electrons. The number of hydrogen-bond donors (Lipinski definition) is 1. The Kier molecular flexibility index (Phi) is 3.58. The molecule has 1 aliphatic heterocycles. The second-order valence-electron chi connectivity index (χ2n) is 3.92. The van der Waals surface area contributed by atoms with Gasteiger partial charge in [-0.05, 0) is 36.1 Å². The van der Waals surface area contributed by atoms with Crippen LogP contribution in [-0.2, 0) is 13.5 Å². The van der Waals surface area contributed by atoms with Crippen LogP contribution in [0.15, 0.2) is 0 Å². The third-order valence-electron chi connectivity index (χ3n) is 2.86. The Bertz CT molecular complexity index is 307. The van der Waals surface area contributed by atoms with Crippen LogP contribution in [0, 0.1) is 5.92 Å². The van der Waals surface area contributed by atoms with E-state index in [1.54, 1.807) is 7.05 Å². The Labute approximate surface area is 94.0 Å². The van der Waals surface area contributed by atoms with Crippen molar-refractivity contribution in [3.8, 4) is 0 Å². The van der Waals surface area contributed by atoms with Gasteiger partial charge in [-0.25, -0.2) is 0 Å². The first-order valence-electron chi connectivity index (χ1n) is 5.27. The number of tetrazole rings is 1. The lowest BCUT2D eigenvalue weighted by molar-refractivity contribution is 0.397. The molecule has 2 atom stereocenters. The Hall–Kier alpha value is -0.620. The Balaban J connectivity index is 1.95. The van der Waals surface area contributed by atoms with E-state index in [9.17, 15) is 0 Å². The lowest BCUT2D eigenvalue weighted by Gasteiger charge is -2.20. The zero-order chi connectivity index (χ0) is 10.7. The summed E-state index contributed by atoms with van der Waals surface area (Å²) >= 11 is 2.04. The lowest BCUT2D eigenvalue weighted by atomic mass is 9.96. The molecular formula is C9H17N5S. The maximum absolute atomic E-state index is 4.22. The van der Waals surface area contributed by atoms with Crippen LogP contribution in [0.25, 0.3) is 0 Å². The van der Waals surface area contributed by atoms with Crippen molar-refractivity contribution >= 4 is 11.8 Å². The van der Waals surface area contributed by atoms with Crippen molar-refractivity contribution in [2.45, 2.75) is 18.9 Å². The highest BCUT2D eigenvalue weighted by Gasteiger charge is 2.25. The van der Waals surface area contributed by atoms with Crippen molar-refractivity contribution in [1.82, 2.24) is 25.5 Å². The smallest absolute Gasteiger partial charge is 0.176 e. The average molecular weight is 227 g/mol. The van der Waals surface area contributed by atoms with Gasteiger partial charge in [-0.1, -0.05) is 0 Å². The molecule has 84 valence electrons. The molecule has 2 heterocycles. The molecule has 1 aliphatic rings.